The van der Waals surface area contributed by atoms with Crippen LogP contribution >= 0.6 is 0 Å². The number of furan rings is 1. The van der Waals surface area contributed by atoms with Crippen molar-refractivity contribution in [2.75, 3.05) is 6.54 Å². The van der Waals surface area contributed by atoms with Gasteiger partial charge >= 0.3 is 6.03 Å². The Hall–Kier alpha value is -2.27. The second-order valence-electron chi connectivity index (χ2n) is 5.18. The van der Waals surface area contributed by atoms with Crippen LogP contribution < -0.4 is 10.6 Å². The lowest BCUT2D eigenvalue weighted by atomic mass is 10.0. The average Bonchev–Trinajstić information content (AvgIpc) is 3.07. The summed E-state index contributed by atoms with van der Waals surface area (Å²) in [5.41, 5.74) is 1.19. The van der Waals surface area contributed by atoms with Crippen molar-refractivity contribution in [3.05, 3.63) is 60.1 Å². The number of carbonyl (C=O) groups excluding carboxylic acids is 1. The highest BCUT2D eigenvalue weighted by Crippen LogP contribution is 2.11. The van der Waals surface area contributed by atoms with Crippen LogP contribution in [0.2, 0.25) is 0 Å². The fourth-order valence-electron chi connectivity index (χ4n) is 2.20. The van der Waals surface area contributed by atoms with Crippen LogP contribution in [0.15, 0.2) is 53.1 Å². The van der Waals surface area contributed by atoms with Crippen molar-refractivity contribution in [2.24, 2.45) is 0 Å². The Morgan fingerprint density at radius 2 is 2.00 bits per heavy atom. The molecular formula is C17H22N2O3. The van der Waals surface area contributed by atoms with E-state index in [1.807, 2.05) is 37.3 Å². The molecule has 118 valence electrons. The van der Waals surface area contributed by atoms with Gasteiger partial charge < -0.3 is 20.2 Å². The Morgan fingerprint density at radius 3 is 2.64 bits per heavy atom. The highest BCUT2D eigenvalue weighted by Gasteiger charge is 2.14. The maximum absolute atomic E-state index is 11.9. The van der Waals surface area contributed by atoms with Crippen LogP contribution in [-0.2, 0) is 6.42 Å². The first-order valence-corrected chi connectivity index (χ1v) is 7.48. The molecule has 0 spiro atoms. The van der Waals surface area contributed by atoms with Gasteiger partial charge in [0.05, 0.1) is 12.8 Å². The molecule has 2 rings (SSSR count). The Labute approximate surface area is 130 Å². The number of urea groups is 1. The number of aliphatic hydroxyl groups is 1. The lowest BCUT2D eigenvalue weighted by molar-refractivity contribution is 0.147. The molecule has 0 radical (unpaired) electrons. The molecule has 2 atom stereocenters. The SMILES string of the molecule is CCC(Cc1ccccc1)NC(=O)NCC(O)c1ccco1. The molecule has 1 heterocycles. The first-order valence-electron chi connectivity index (χ1n) is 7.48. The topological polar surface area (TPSA) is 74.5 Å². The average molecular weight is 302 g/mol. The summed E-state index contributed by atoms with van der Waals surface area (Å²) in [5, 5.41) is 15.4. The first kappa shape index (κ1) is 16.1. The van der Waals surface area contributed by atoms with E-state index in [9.17, 15) is 9.90 Å². The van der Waals surface area contributed by atoms with E-state index in [0.29, 0.717) is 5.76 Å². The largest absolute Gasteiger partial charge is 0.467 e. The molecule has 2 unspecified atom stereocenters. The van der Waals surface area contributed by atoms with E-state index in [0.717, 1.165) is 12.8 Å². The van der Waals surface area contributed by atoms with Gasteiger partial charge in [-0.05, 0) is 30.5 Å². The van der Waals surface area contributed by atoms with E-state index in [1.165, 1.54) is 11.8 Å². The van der Waals surface area contributed by atoms with Crippen molar-refractivity contribution < 1.29 is 14.3 Å². The van der Waals surface area contributed by atoms with Crippen LogP contribution in [0.3, 0.4) is 0 Å². The quantitative estimate of drug-likeness (QED) is 0.736. The molecule has 0 bridgehead atoms. The fraction of sp³-hybridized carbons (Fsp3) is 0.353. The maximum Gasteiger partial charge on any atom is 0.315 e. The van der Waals surface area contributed by atoms with Gasteiger partial charge in [0.1, 0.15) is 11.9 Å². The van der Waals surface area contributed by atoms with Gasteiger partial charge in [-0.25, -0.2) is 4.79 Å². The number of benzene rings is 1. The molecule has 0 fully saturated rings. The summed E-state index contributed by atoms with van der Waals surface area (Å²) < 4.78 is 5.09. The van der Waals surface area contributed by atoms with Gasteiger partial charge in [0.15, 0.2) is 0 Å². The summed E-state index contributed by atoms with van der Waals surface area (Å²) in [6.07, 6.45) is 2.27. The van der Waals surface area contributed by atoms with Gasteiger partial charge in [0, 0.05) is 6.04 Å². The summed E-state index contributed by atoms with van der Waals surface area (Å²) in [7, 11) is 0. The molecule has 22 heavy (non-hydrogen) atoms. The summed E-state index contributed by atoms with van der Waals surface area (Å²) in [6, 6.07) is 13.2. The highest BCUT2D eigenvalue weighted by atomic mass is 16.4. The van der Waals surface area contributed by atoms with Crippen LogP contribution in [0.25, 0.3) is 0 Å². The van der Waals surface area contributed by atoms with Gasteiger partial charge in [0.2, 0.25) is 0 Å². The lowest BCUT2D eigenvalue weighted by Crippen LogP contribution is -2.44. The van der Waals surface area contributed by atoms with Gasteiger partial charge in [-0.15, -0.1) is 0 Å². The van der Waals surface area contributed by atoms with Crippen molar-refractivity contribution in [3.63, 3.8) is 0 Å². The lowest BCUT2D eigenvalue weighted by Gasteiger charge is -2.18. The number of hydrogen-bond acceptors (Lipinski definition) is 3. The number of aliphatic hydroxyl groups excluding tert-OH is 1. The Balaban J connectivity index is 1.77. The van der Waals surface area contributed by atoms with Crippen molar-refractivity contribution >= 4 is 6.03 Å². The van der Waals surface area contributed by atoms with Crippen molar-refractivity contribution in [3.8, 4) is 0 Å². The third-order valence-electron chi connectivity index (χ3n) is 3.48. The molecule has 2 amide bonds. The van der Waals surface area contributed by atoms with Gasteiger partial charge in [-0.3, -0.25) is 0 Å². The summed E-state index contributed by atoms with van der Waals surface area (Å²) >= 11 is 0. The Kier molecular flexibility index (Phi) is 6.03. The molecule has 0 aliphatic rings. The van der Waals surface area contributed by atoms with Crippen molar-refractivity contribution in [2.45, 2.75) is 31.9 Å². The molecule has 0 aliphatic heterocycles. The van der Waals surface area contributed by atoms with E-state index in [-0.39, 0.29) is 18.6 Å². The third-order valence-corrected chi connectivity index (χ3v) is 3.48. The summed E-state index contributed by atoms with van der Waals surface area (Å²) in [4.78, 5) is 11.9. The number of hydrogen-bond donors (Lipinski definition) is 3. The van der Waals surface area contributed by atoms with E-state index >= 15 is 0 Å². The first-order chi connectivity index (χ1) is 10.7. The predicted molar refractivity (Wildman–Crippen MR) is 84.4 cm³/mol. The monoisotopic (exact) mass is 302 g/mol. The Bertz CT molecular complexity index is 555. The summed E-state index contributed by atoms with van der Waals surface area (Å²) in [5.74, 6) is 0.441. The van der Waals surface area contributed by atoms with Crippen LogP contribution in [0.5, 0.6) is 0 Å². The molecule has 0 saturated carbocycles. The molecule has 5 heteroatoms. The second kappa shape index (κ2) is 8.24. The van der Waals surface area contributed by atoms with Crippen LogP contribution in [0, 0.1) is 0 Å². The number of rotatable bonds is 7. The smallest absolute Gasteiger partial charge is 0.315 e. The minimum Gasteiger partial charge on any atom is -0.467 e. The normalized spacial score (nSPS) is 13.4. The van der Waals surface area contributed by atoms with Gasteiger partial charge in [0.25, 0.3) is 0 Å². The third kappa shape index (κ3) is 4.93. The molecular weight excluding hydrogens is 280 g/mol. The molecule has 5 nitrogen and oxygen atoms in total. The molecule has 2 aromatic rings. The van der Waals surface area contributed by atoms with E-state index in [4.69, 9.17) is 4.42 Å². The summed E-state index contributed by atoms with van der Waals surface area (Å²) in [6.45, 7) is 2.15. The number of amides is 2. The molecule has 0 aliphatic carbocycles. The Morgan fingerprint density at radius 1 is 1.23 bits per heavy atom. The van der Waals surface area contributed by atoms with E-state index < -0.39 is 6.10 Å². The maximum atomic E-state index is 11.9. The predicted octanol–water partition coefficient (Wildman–Crippen LogP) is 2.63. The second-order valence-corrected chi connectivity index (χ2v) is 5.18. The van der Waals surface area contributed by atoms with Gasteiger partial charge in [-0.1, -0.05) is 37.3 Å². The minimum atomic E-state index is -0.838. The zero-order valence-electron chi connectivity index (χ0n) is 12.7. The molecule has 1 aromatic heterocycles. The molecule has 1 aromatic carbocycles. The van der Waals surface area contributed by atoms with E-state index in [1.54, 1.807) is 12.1 Å². The standard InChI is InChI=1S/C17H22N2O3/c1-2-14(11-13-7-4-3-5-8-13)19-17(21)18-12-15(20)16-9-6-10-22-16/h3-10,14-15,20H,2,11-12H2,1H3,(H2,18,19,21). The molecule has 0 saturated heterocycles. The van der Waals surface area contributed by atoms with Gasteiger partial charge in [-0.2, -0.15) is 0 Å². The van der Waals surface area contributed by atoms with Crippen LogP contribution in [-0.4, -0.2) is 23.7 Å². The zero-order valence-corrected chi connectivity index (χ0v) is 12.7. The minimum absolute atomic E-state index is 0.0585. The fourth-order valence-corrected chi connectivity index (χ4v) is 2.20. The molecule has 3 N–H and O–H groups in total. The van der Waals surface area contributed by atoms with Crippen LogP contribution in [0.1, 0.15) is 30.8 Å². The van der Waals surface area contributed by atoms with E-state index in [2.05, 4.69) is 10.6 Å². The van der Waals surface area contributed by atoms with Crippen LogP contribution in [0.4, 0.5) is 4.79 Å². The highest BCUT2D eigenvalue weighted by molar-refractivity contribution is 5.74. The number of carbonyl (C=O) groups is 1. The zero-order chi connectivity index (χ0) is 15.8. The number of nitrogens with one attached hydrogen (secondary N) is 2. The van der Waals surface area contributed by atoms with Crippen molar-refractivity contribution in [1.82, 2.24) is 10.6 Å². The van der Waals surface area contributed by atoms with Crippen molar-refractivity contribution in [1.29, 1.82) is 0 Å².